The predicted molar refractivity (Wildman–Crippen MR) is 160 cm³/mol. The lowest BCUT2D eigenvalue weighted by Gasteiger charge is -2.34. The number of hydrogen-bond donors (Lipinski definition) is 1. The van der Waals surface area contributed by atoms with E-state index in [1.165, 1.54) is 25.7 Å². The number of hydrogen-bond acceptors (Lipinski definition) is 5. The first kappa shape index (κ1) is 28.2. The molecule has 3 heterocycles. The van der Waals surface area contributed by atoms with E-state index in [2.05, 4.69) is 86.9 Å². The van der Waals surface area contributed by atoms with Gasteiger partial charge in [0.25, 0.3) is 0 Å². The van der Waals surface area contributed by atoms with E-state index in [-0.39, 0.29) is 11.7 Å². The van der Waals surface area contributed by atoms with E-state index in [4.69, 9.17) is 0 Å². The Morgan fingerprint density at radius 1 is 1.18 bits per heavy atom. The number of imidazole rings is 1. The smallest absolute Gasteiger partial charge is 0.295 e. The molecule has 0 bridgehead atoms. The first-order valence-electron chi connectivity index (χ1n) is 15.3. The molecule has 1 aliphatic heterocycles. The summed E-state index contributed by atoms with van der Waals surface area (Å²) < 4.78 is 4.26. The van der Waals surface area contributed by atoms with Crippen LogP contribution in [0, 0.1) is 17.8 Å². The van der Waals surface area contributed by atoms with Crippen LogP contribution in [0.2, 0.25) is 0 Å². The molecule has 214 valence electrons. The zero-order chi connectivity index (χ0) is 28.1. The molecule has 4 unspecified atom stereocenters. The van der Waals surface area contributed by atoms with Gasteiger partial charge in [-0.15, -0.1) is 10.2 Å². The molecule has 1 saturated carbocycles. The lowest BCUT2D eigenvalue weighted by atomic mass is 9.76. The van der Waals surface area contributed by atoms with E-state index in [9.17, 15) is 4.79 Å². The van der Waals surface area contributed by atoms with Gasteiger partial charge in [0.2, 0.25) is 5.82 Å². The van der Waals surface area contributed by atoms with Gasteiger partial charge in [0.05, 0.1) is 0 Å². The number of rotatable bonds is 10. The summed E-state index contributed by atoms with van der Waals surface area (Å²) in [5.41, 5.74) is 2.93. The quantitative estimate of drug-likeness (QED) is 0.295. The molecule has 0 amide bonds. The van der Waals surface area contributed by atoms with Crippen LogP contribution in [0.15, 0.2) is 52.5 Å². The predicted octanol–water partition coefficient (Wildman–Crippen LogP) is 6.51. The Labute approximate surface area is 238 Å². The normalized spacial score (nSPS) is 25.0. The molecule has 0 spiro atoms. The standard InChI is InChI=1S/C32H45N7O/c1-5-7-14-27-21-38(29-24(6-2)11-8-9-15-28(29)23(3)4)31(40)39(27)22-32(16-18-33-19-17-32)26-13-10-12-25(20-26)30-34-36-37-35-30/h10,12-13,16,18-21,23-24,28-29H,5-9,11,14-15,17,22H2,1-4H3,(H,34,35,36,37). The van der Waals surface area contributed by atoms with E-state index < -0.39 is 5.41 Å². The molecule has 3 aromatic rings. The molecule has 4 atom stereocenters. The molecule has 2 aliphatic rings. The second kappa shape index (κ2) is 12.5. The fraction of sp³-hybridized carbons (Fsp3) is 0.594. The number of aliphatic imine (C=N–C) groups is 1. The van der Waals surface area contributed by atoms with E-state index in [0.717, 1.165) is 48.9 Å². The van der Waals surface area contributed by atoms with Crippen molar-refractivity contribution >= 4 is 6.21 Å². The van der Waals surface area contributed by atoms with Crippen molar-refractivity contribution in [3.63, 3.8) is 0 Å². The molecular weight excluding hydrogens is 498 g/mol. The van der Waals surface area contributed by atoms with Crippen molar-refractivity contribution in [2.24, 2.45) is 22.7 Å². The molecule has 0 radical (unpaired) electrons. The topological polar surface area (TPSA) is 93.8 Å². The van der Waals surface area contributed by atoms with Gasteiger partial charge in [0, 0.05) is 47.9 Å². The van der Waals surface area contributed by atoms with Crippen molar-refractivity contribution in [3.8, 4) is 11.4 Å². The second-order valence-electron chi connectivity index (χ2n) is 12.2. The van der Waals surface area contributed by atoms with Crippen molar-refractivity contribution in [2.45, 2.75) is 103 Å². The first-order valence-corrected chi connectivity index (χ1v) is 15.3. The number of allylic oxidation sites excluding steroid dienone is 1. The molecule has 1 aromatic carbocycles. The van der Waals surface area contributed by atoms with Crippen LogP contribution < -0.4 is 5.69 Å². The molecule has 2 aromatic heterocycles. The molecule has 1 fully saturated rings. The maximum atomic E-state index is 14.5. The van der Waals surface area contributed by atoms with E-state index in [1.54, 1.807) is 0 Å². The molecular formula is C32H45N7O. The molecule has 40 heavy (non-hydrogen) atoms. The highest BCUT2D eigenvalue weighted by Crippen LogP contribution is 2.42. The summed E-state index contributed by atoms with van der Waals surface area (Å²) in [7, 11) is 0. The third kappa shape index (κ3) is 5.63. The van der Waals surface area contributed by atoms with Gasteiger partial charge in [-0.2, -0.15) is 5.21 Å². The van der Waals surface area contributed by atoms with E-state index >= 15 is 0 Å². The van der Waals surface area contributed by atoms with E-state index in [1.807, 2.05) is 24.5 Å². The minimum Gasteiger partial charge on any atom is -0.295 e. The molecule has 5 rings (SSSR count). The monoisotopic (exact) mass is 543 g/mol. The van der Waals surface area contributed by atoms with Crippen LogP contribution in [0.5, 0.6) is 0 Å². The highest BCUT2D eigenvalue weighted by molar-refractivity contribution is 5.65. The number of aryl methyl sites for hydroxylation is 1. The Balaban J connectivity index is 1.60. The van der Waals surface area contributed by atoms with Crippen LogP contribution in [0.3, 0.4) is 0 Å². The minimum absolute atomic E-state index is 0.145. The first-order chi connectivity index (χ1) is 19.5. The van der Waals surface area contributed by atoms with Gasteiger partial charge in [-0.3, -0.25) is 14.1 Å². The van der Waals surface area contributed by atoms with Crippen LogP contribution in [-0.2, 0) is 18.4 Å². The summed E-state index contributed by atoms with van der Waals surface area (Å²) in [5.74, 6) is 2.16. The van der Waals surface area contributed by atoms with Gasteiger partial charge in [-0.1, -0.05) is 77.7 Å². The zero-order valence-corrected chi connectivity index (χ0v) is 24.6. The third-order valence-electron chi connectivity index (χ3n) is 9.38. The minimum atomic E-state index is -0.399. The Kier molecular flexibility index (Phi) is 8.81. The van der Waals surface area contributed by atoms with Crippen LogP contribution in [-0.4, -0.2) is 36.0 Å². The fourth-order valence-electron chi connectivity index (χ4n) is 7.06. The Morgan fingerprint density at radius 2 is 2.02 bits per heavy atom. The van der Waals surface area contributed by atoms with Crippen LogP contribution in [0.25, 0.3) is 11.4 Å². The van der Waals surface area contributed by atoms with Gasteiger partial charge >= 0.3 is 5.69 Å². The SMILES string of the molecule is CCCCc1cn(C2C(CC)CCCCC2C(C)C)c(=O)n1CC1(c2cccc(-c3nn[nH]n3)c2)C=CN=CC1. The second-order valence-corrected chi connectivity index (χ2v) is 12.2. The highest BCUT2D eigenvalue weighted by atomic mass is 16.1. The van der Waals surface area contributed by atoms with Crippen molar-refractivity contribution in [3.05, 3.63) is 64.5 Å². The summed E-state index contributed by atoms with van der Waals surface area (Å²) in [5, 5.41) is 14.7. The van der Waals surface area contributed by atoms with Crippen molar-refractivity contribution in [2.75, 3.05) is 0 Å². The number of nitrogens with zero attached hydrogens (tertiary/aromatic N) is 6. The van der Waals surface area contributed by atoms with Crippen molar-refractivity contribution in [1.29, 1.82) is 0 Å². The number of unbranched alkanes of at least 4 members (excludes halogenated alkanes) is 1. The summed E-state index contributed by atoms with van der Waals surface area (Å²) in [6.07, 6.45) is 18.1. The number of benzene rings is 1. The van der Waals surface area contributed by atoms with Crippen molar-refractivity contribution in [1.82, 2.24) is 29.8 Å². The zero-order valence-electron chi connectivity index (χ0n) is 24.6. The lowest BCUT2D eigenvalue weighted by Crippen LogP contribution is -2.40. The largest absolute Gasteiger partial charge is 0.328 e. The lowest BCUT2D eigenvalue weighted by molar-refractivity contribution is 0.174. The van der Waals surface area contributed by atoms with Gasteiger partial charge in [-0.05, 0) is 66.7 Å². The Morgan fingerprint density at radius 3 is 2.73 bits per heavy atom. The average molecular weight is 544 g/mol. The van der Waals surface area contributed by atoms with Crippen molar-refractivity contribution < 1.29 is 0 Å². The number of H-pyrrole nitrogens is 1. The third-order valence-corrected chi connectivity index (χ3v) is 9.38. The molecule has 1 N–H and O–H groups in total. The van der Waals surface area contributed by atoms with Crippen LogP contribution in [0.4, 0.5) is 0 Å². The Hall–Kier alpha value is -3.29. The van der Waals surface area contributed by atoms with Gasteiger partial charge in [0.1, 0.15) is 0 Å². The number of aromatic amines is 1. The van der Waals surface area contributed by atoms with E-state index in [0.29, 0.717) is 30.1 Å². The number of aromatic nitrogens is 6. The van der Waals surface area contributed by atoms with Gasteiger partial charge in [-0.25, -0.2) is 4.79 Å². The summed E-state index contributed by atoms with van der Waals surface area (Å²) in [4.78, 5) is 18.9. The number of nitrogens with one attached hydrogen (secondary N) is 1. The van der Waals surface area contributed by atoms with Crippen LogP contribution >= 0.6 is 0 Å². The molecule has 8 heteroatoms. The number of tetrazole rings is 1. The summed E-state index contributed by atoms with van der Waals surface area (Å²) in [6.45, 7) is 9.78. The molecule has 1 aliphatic carbocycles. The maximum Gasteiger partial charge on any atom is 0.328 e. The molecule has 8 nitrogen and oxygen atoms in total. The highest BCUT2D eigenvalue weighted by Gasteiger charge is 2.37. The van der Waals surface area contributed by atoms with Gasteiger partial charge < -0.3 is 0 Å². The fourth-order valence-corrected chi connectivity index (χ4v) is 7.06. The molecule has 0 saturated heterocycles. The summed E-state index contributed by atoms with van der Waals surface area (Å²) in [6, 6.07) is 8.58. The maximum absolute atomic E-state index is 14.5. The average Bonchev–Trinajstić information content (AvgIpc) is 3.55. The van der Waals surface area contributed by atoms with Crippen LogP contribution in [0.1, 0.15) is 96.4 Å². The Bertz CT molecular complexity index is 1370. The summed E-state index contributed by atoms with van der Waals surface area (Å²) >= 11 is 0. The van der Waals surface area contributed by atoms with Gasteiger partial charge in [0.15, 0.2) is 0 Å².